The SMILES string of the molecule is O=C(O)CNCC1=NC(=O)/C(=C/c2ccc3c(cnn3Cc3ccc(Cl)cc3C(F)(F)F)c2)S1. The molecule has 0 saturated heterocycles. The van der Waals surface area contributed by atoms with Gasteiger partial charge in [0, 0.05) is 17.0 Å². The molecule has 4 rings (SSSR count). The molecule has 0 spiro atoms. The molecule has 0 radical (unpaired) electrons. The summed E-state index contributed by atoms with van der Waals surface area (Å²) in [5.74, 6) is -1.43. The maximum absolute atomic E-state index is 13.4. The van der Waals surface area contributed by atoms with Crippen molar-refractivity contribution < 1.29 is 27.9 Å². The van der Waals surface area contributed by atoms with Crippen LogP contribution in [0.2, 0.25) is 5.02 Å². The van der Waals surface area contributed by atoms with Crippen LogP contribution in [-0.4, -0.2) is 44.9 Å². The Morgan fingerprint density at radius 3 is 2.76 bits per heavy atom. The average molecular weight is 509 g/mol. The number of benzene rings is 2. The van der Waals surface area contributed by atoms with Crippen molar-refractivity contribution in [1.82, 2.24) is 15.1 Å². The number of nitrogens with zero attached hydrogens (tertiary/aromatic N) is 3. The molecule has 3 aromatic rings. The number of amides is 1. The molecule has 0 fully saturated rings. The van der Waals surface area contributed by atoms with Crippen molar-refractivity contribution in [1.29, 1.82) is 0 Å². The number of fused-ring (bicyclic) bond motifs is 1. The second kappa shape index (κ2) is 9.61. The van der Waals surface area contributed by atoms with Gasteiger partial charge in [0.2, 0.25) is 0 Å². The van der Waals surface area contributed by atoms with Gasteiger partial charge >= 0.3 is 12.1 Å². The van der Waals surface area contributed by atoms with Crippen molar-refractivity contribution in [3.63, 3.8) is 0 Å². The Morgan fingerprint density at radius 2 is 2.03 bits per heavy atom. The Balaban J connectivity index is 1.53. The summed E-state index contributed by atoms with van der Waals surface area (Å²) < 4.78 is 41.7. The lowest BCUT2D eigenvalue weighted by atomic mass is 10.1. The van der Waals surface area contributed by atoms with Gasteiger partial charge in [-0.3, -0.25) is 14.3 Å². The van der Waals surface area contributed by atoms with E-state index in [-0.39, 0.29) is 30.2 Å². The first kappa shape index (κ1) is 24.0. The second-order valence-corrected chi connectivity index (χ2v) is 8.89. The van der Waals surface area contributed by atoms with Crippen LogP contribution in [0.1, 0.15) is 16.7 Å². The van der Waals surface area contributed by atoms with E-state index in [0.717, 1.165) is 17.8 Å². The van der Waals surface area contributed by atoms with Crippen LogP contribution in [0.3, 0.4) is 0 Å². The number of carboxylic acid groups (broad SMARTS) is 1. The molecule has 1 aliphatic rings. The molecule has 2 aromatic carbocycles. The van der Waals surface area contributed by atoms with Gasteiger partial charge in [0.1, 0.15) is 0 Å². The molecule has 1 aliphatic heterocycles. The first-order valence-corrected chi connectivity index (χ1v) is 11.0. The van der Waals surface area contributed by atoms with E-state index in [1.165, 1.54) is 16.8 Å². The van der Waals surface area contributed by atoms with E-state index >= 15 is 0 Å². The Labute approximate surface area is 200 Å². The Kier molecular flexibility index (Phi) is 6.78. The molecule has 1 aromatic heterocycles. The summed E-state index contributed by atoms with van der Waals surface area (Å²) in [6.45, 7) is -0.171. The van der Waals surface area contributed by atoms with Crippen molar-refractivity contribution in [2.75, 3.05) is 13.1 Å². The van der Waals surface area contributed by atoms with Gasteiger partial charge in [-0.15, -0.1) is 0 Å². The van der Waals surface area contributed by atoms with Crippen LogP contribution in [-0.2, 0) is 22.3 Å². The number of thioether (sulfide) groups is 1. The summed E-state index contributed by atoms with van der Waals surface area (Å²) in [5, 5.41) is 16.7. The molecule has 0 aliphatic carbocycles. The van der Waals surface area contributed by atoms with Gasteiger partial charge in [0.05, 0.1) is 40.3 Å². The molecule has 1 amide bonds. The van der Waals surface area contributed by atoms with Gasteiger partial charge in [0.25, 0.3) is 5.91 Å². The molecule has 34 heavy (non-hydrogen) atoms. The number of carbonyl (C=O) groups is 2. The van der Waals surface area contributed by atoms with Crippen LogP contribution in [0.4, 0.5) is 13.2 Å². The zero-order valence-corrected chi connectivity index (χ0v) is 18.8. The minimum atomic E-state index is -4.54. The molecular weight excluding hydrogens is 493 g/mol. The average Bonchev–Trinajstić information content (AvgIpc) is 3.31. The van der Waals surface area contributed by atoms with E-state index in [1.54, 1.807) is 30.5 Å². The first-order chi connectivity index (χ1) is 16.1. The summed E-state index contributed by atoms with van der Waals surface area (Å²) in [6.07, 6.45) is -1.35. The Morgan fingerprint density at radius 1 is 1.24 bits per heavy atom. The van der Waals surface area contributed by atoms with Gasteiger partial charge in [-0.2, -0.15) is 18.3 Å². The van der Waals surface area contributed by atoms with Gasteiger partial charge in [-0.1, -0.05) is 35.5 Å². The molecule has 12 heteroatoms. The molecular formula is C22H16ClF3N4O3S. The minimum Gasteiger partial charge on any atom is -0.480 e. The number of alkyl halides is 3. The number of aliphatic imine (C=N–C) groups is 1. The third kappa shape index (κ3) is 5.49. The number of aromatic nitrogens is 2. The number of hydrogen-bond acceptors (Lipinski definition) is 5. The zero-order valence-electron chi connectivity index (χ0n) is 17.3. The van der Waals surface area contributed by atoms with Crippen LogP contribution in [0.25, 0.3) is 17.0 Å². The van der Waals surface area contributed by atoms with Crippen molar-refractivity contribution in [3.8, 4) is 0 Å². The van der Waals surface area contributed by atoms with Crippen LogP contribution in [0, 0.1) is 0 Å². The molecule has 0 unspecified atom stereocenters. The summed E-state index contributed by atoms with van der Waals surface area (Å²) in [4.78, 5) is 27.0. The van der Waals surface area contributed by atoms with E-state index in [9.17, 15) is 22.8 Å². The Bertz CT molecular complexity index is 1350. The zero-order chi connectivity index (χ0) is 24.5. The monoisotopic (exact) mass is 508 g/mol. The molecule has 2 heterocycles. The van der Waals surface area contributed by atoms with Crippen LogP contribution in [0.5, 0.6) is 0 Å². The van der Waals surface area contributed by atoms with E-state index in [2.05, 4.69) is 15.4 Å². The molecule has 176 valence electrons. The topological polar surface area (TPSA) is 96.6 Å². The lowest BCUT2D eigenvalue weighted by Crippen LogP contribution is -2.26. The molecule has 0 bridgehead atoms. The quantitative estimate of drug-likeness (QED) is 0.458. The van der Waals surface area contributed by atoms with Crippen molar-refractivity contribution in [2.45, 2.75) is 12.7 Å². The highest BCUT2D eigenvalue weighted by Crippen LogP contribution is 2.34. The fourth-order valence-electron chi connectivity index (χ4n) is 3.39. The fourth-order valence-corrected chi connectivity index (χ4v) is 4.45. The smallest absolute Gasteiger partial charge is 0.416 e. The highest BCUT2D eigenvalue weighted by atomic mass is 35.5. The number of rotatable bonds is 7. The van der Waals surface area contributed by atoms with E-state index in [0.29, 0.717) is 26.4 Å². The summed E-state index contributed by atoms with van der Waals surface area (Å²) >= 11 is 6.91. The molecule has 0 saturated carbocycles. The highest BCUT2D eigenvalue weighted by Gasteiger charge is 2.33. The van der Waals surface area contributed by atoms with Crippen LogP contribution >= 0.6 is 23.4 Å². The largest absolute Gasteiger partial charge is 0.480 e. The normalized spacial score (nSPS) is 15.4. The molecule has 0 atom stereocenters. The number of carbonyl (C=O) groups excluding carboxylic acids is 1. The van der Waals surface area contributed by atoms with E-state index < -0.39 is 23.6 Å². The fraction of sp³-hybridized carbons (Fsp3) is 0.182. The summed E-state index contributed by atoms with van der Waals surface area (Å²) in [5.41, 5.74) is 0.559. The third-order valence-electron chi connectivity index (χ3n) is 4.88. The lowest BCUT2D eigenvalue weighted by Gasteiger charge is -2.14. The second-order valence-electron chi connectivity index (χ2n) is 7.34. The summed E-state index contributed by atoms with van der Waals surface area (Å²) in [6, 6.07) is 8.87. The van der Waals surface area contributed by atoms with Gasteiger partial charge < -0.3 is 10.4 Å². The van der Waals surface area contributed by atoms with Gasteiger partial charge in [-0.05, 0) is 41.5 Å². The molecule has 2 N–H and O–H groups in total. The number of nitrogens with one attached hydrogen (secondary N) is 1. The van der Waals surface area contributed by atoms with E-state index in [1.807, 2.05) is 0 Å². The molecule has 7 nitrogen and oxygen atoms in total. The standard InChI is InChI=1S/C22H16ClF3N4O3S/c23-15-3-2-13(16(7-15)22(24,25)26)11-30-17-4-1-12(5-14(17)8-28-30)6-18-21(33)29-19(34-18)9-27-10-20(31)32/h1-8,27H,9-11H2,(H,31,32)/b18-6-. The van der Waals surface area contributed by atoms with Crippen molar-refractivity contribution in [2.24, 2.45) is 4.99 Å². The van der Waals surface area contributed by atoms with Gasteiger partial charge in [-0.25, -0.2) is 4.99 Å². The minimum absolute atomic E-state index is 0.00297. The number of halogens is 4. The lowest BCUT2D eigenvalue weighted by molar-refractivity contribution is -0.138. The maximum atomic E-state index is 13.4. The van der Waals surface area contributed by atoms with Gasteiger partial charge in [0.15, 0.2) is 0 Å². The van der Waals surface area contributed by atoms with Crippen molar-refractivity contribution in [3.05, 3.63) is 69.2 Å². The third-order valence-corrected chi connectivity index (χ3v) is 6.10. The van der Waals surface area contributed by atoms with E-state index in [4.69, 9.17) is 16.7 Å². The predicted octanol–water partition coefficient (Wildman–Crippen LogP) is 4.44. The number of aliphatic carboxylic acids is 1. The number of carboxylic acids is 1. The van der Waals surface area contributed by atoms with Crippen LogP contribution in [0.15, 0.2) is 52.5 Å². The van der Waals surface area contributed by atoms with Crippen molar-refractivity contribution >= 4 is 57.3 Å². The first-order valence-electron chi connectivity index (χ1n) is 9.85. The maximum Gasteiger partial charge on any atom is 0.416 e. The van der Waals surface area contributed by atoms with Crippen LogP contribution < -0.4 is 5.32 Å². The number of hydrogen-bond donors (Lipinski definition) is 2. The Hall–Kier alpha value is -3.15. The summed E-state index contributed by atoms with van der Waals surface area (Å²) in [7, 11) is 0. The highest BCUT2D eigenvalue weighted by molar-refractivity contribution is 8.18. The predicted molar refractivity (Wildman–Crippen MR) is 124 cm³/mol.